The molecule has 7 heteroatoms. The highest BCUT2D eigenvalue weighted by molar-refractivity contribution is 7.80. The number of benzene rings is 2. The van der Waals surface area contributed by atoms with E-state index in [9.17, 15) is 4.79 Å². The zero-order valence-corrected chi connectivity index (χ0v) is 17.1. The summed E-state index contributed by atoms with van der Waals surface area (Å²) in [6, 6.07) is 12.8. The molecule has 0 unspecified atom stereocenters. The predicted octanol–water partition coefficient (Wildman–Crippen LogP) is 4.79. The van der Waals surface area contributed by atoms with E-state index < -0.39 is 5.97 Å². The minimum Gasteiger partial charge on any atom is -0.491 e. The van der Waals surface area contributed by atoms with E-state index in [1.807, 2.05) is 38.1 Å². The van der Waals surface area contributed by atoms with Gasteiger partial charge in [-0.15, -0.1) is 0 Å². The van der Waals surface area contributed by atoms with Crippen LogP contribution in [0.3, 0.4) is 0 Å². The SMILES string of the molecule is CCOC(=O)c1cc(NC(=S)NCc2cccc(OC(C)C)c2)ccc1Cl. The molecule has 0 saturated carbocycles. The highest BCUT2D eigenvalue weighted by Gasteiger charge is 2.12. The van der Waals surface area contributed by atoms with E-state index in [0.29, 0.717) is 27.9 Å². The Morgan fingerprint density at radius 2 is 2.00 bits per heavy atom. The molecule has 0 aliphatic rings. The second-order valence-electron chi connectivity index (χ2n) is 6.04. The third-order valence-electron chi connectivity index (χ3n) is 3.44. The van der Waals surface area contributed by atoms with Crippen LogP contribution in [0.1, 0.15) is 36.7 Å². The summed E-state index contributed by atoms with van der Waals surface area (Å²) in [5, 5.41) is 6.94. The van der Waals surface area contributed by atoms with Crippen LogP contribution in [0.25, 0.3) is 0 Å². The Labute approximate surface area is 170 Å². The number of carbonyl (C=O) groups is 1. The molecule has 0 fully saturated rings. The number of rotatable bonds is 7. The highest BCUT2D eigenvalue weighted by atomic mass is 35.5. The Kier molecular flexibility index (Phi) is 7.88. The molecule has 0 aromatic heterocycles. The highest BCUT2D eigenvalue weighted by Crippen LogP contribution is 2.21. The van der Waals surface area contributed by atoms with Crippen LogP contribution in [0.4, 0.5) is 5.69 Å². The fourth-order valence-electron chi connectivity index (χ4n) is 2.33. The number of nitrogens with one attached hydrogen (secondary N) is 2. The second kappa shape index (κ2) is 10.1. The minimum atomic E-state index is -0.466. The van der Waals surface area contributed by atoms with Crippen molar-refractivity contribution in [3.63, 3.8) is 0 Å². The normalized spacial score (nSPS) is 10.4. The molecule has 27 heavy (non-hydrogen) atoms. The quantitative estimate of drug-likeness (QED) is 0.509. The Morgan fingerprint density at radius 3 is 2.70 bits per heavy atom. The summed E-state index contributed by atoms with van der Waals surface area (Å²) in [6.45, 7) is 6.54. The van der Waals surface area contributed by atoms with Gasteiger partial charge in [0.15, 0.2) is 5.11 Å². The third kappa shape index (κ3) is 6.73. The van der Waals surface area contributed by atoms with Crippen LogP contribution in [0.15, 0.2) is 42.5 Å². The Morgan fingerprint density at radius 1 is 1.22 bits per heavy atom. The molecule has 2 aromatic carbocycles. The molecule has 5 nitrogen and oxygen atoms in total. The Bertz CT molecular complexity index is 812. The molecular formula is C20H23ClN2O3S. The van der Waals surface area contributed by atoms with Crippen molar-refractivity contribution in [2.24, 2.45) is 0 Å². The number of halogens is 1. The van der Waals surface area contributed by atoms with E-state index in [0.717, 1.165) is 11.3 Å². The van der Waals surface area contributed by atoms with Crippen LogP contribution in [-0.2, 0) is 11.3 Å². The lowest BCUT2D eigenvalue weighted by atomic mass is 10.2. The second-order valence-corrected chi connectivity index (χ2v) is 6.85. The van der Waals surface area contributed by atoms with E-state index in [1.54, 1.807) is 25.1 Å². The first-order chi connectivity index (χ1) is 12.9. The van der Waals surface area contributed by atoms with Crippen molar-refractivity contribution in [3.05, 3.63) is 58.6 Å². The lowest BCUT2D eigenvalue weighted by Crippen LogP contribution is -2.28. The molecule has 2 aromatic rings. The first-order valence-corrected chi connectivity index (χ1v) is 9.44. The molecule has 0 atom stereocenters. The summed E-state index contributed by atoms with van der Waals surface area (Å²) in [5.74, 6) is 0.354. The van der Waals surface area contributed by atoms with E-state index in [4.69, 9.17) is 33.3 Å². The maximum Gasteiger partial charge on any atom is 0.339 e. The number of ether oxygens (including phenoxy) is 2. The van der Waals surface area contributed by atoms with Crippen molar-refractivity contribution in [2.45, 2.75) is 33.4 Å². The molecule has 2 rings (SSSR count). The molecule has 0 bridgehead atoms. The van der Waals surface area contributed by atoms with Crippen LogP contribution in [0.5, 0.6) is 5.75 Å². The van der Waals surface area contributed by atoms with E-state index in [-0.39, 0.29) is 12.7 Å². The van der Waals surface area contributed by atoms with Gasteiger partial charge < -0.3 is 20.1 Å². The molecule has 0 aliphatic heterocycles. The molecular weight excluding hydrogens is 384 g/mol. The van der Waals surface area contributed by atoms with Crippen LogP contribution in [-0.4, -0.2) is 23.8 Å². The average molecular weight is 407 g/mol. The molecule has 0 amide bonds. The summed E-state index contributed by atoms with van der Waals surface area (Å²) in [4.78, 5) is 11.9. The van der Waals surface area contributed by atoms with Crippen molar-refractivity contribution in [2.75, 3.05) is 11.9 Å². The molecule has 0 aliphatic carbocycles. The first-order valence-electron chi connectivity index (χ1n) is 8.66. The van der Waals surface area contributed by atoms with Gasteiger partial charge in [0.1, 0.15) is 5.75 Å². The number of esters is 1. The van der Waals surface area contributed by atoms with Gasteiger partial charge in [-0.25, -0.2) is 4.79 Å². The smallest absolute Gasteiger partial charge is 0.339 e. The van der Waals surface area contributed by atoms with Crippen molar-refractivity contribution in [3.8, 4) is 5.75 Å². The summed E-state index contributed by atoms with van der Waals surface area (Å²) in [7, 11) is 0. The Hall–Kier alpha value is -2.31. The van der Waals surface area contributed by atoms with Crippen LogP contribution in [0.2, 0.25) is 5.02 Å². The standard InChI is InChI=1S/C20H23ClN2O3S/c1-4-25-19(24)17-11-15(8-9-18(17)21)23-20(27)22-12-14-6-5-7-16(10-14)26-13(2)3/h5-11,13H,4,12H2,1-3H3,(H2,22,23,27). The minimum absolute atomic E-state index is 0.120. The van der Waals surface area contributed by atoms with Gasteiger partial charge in [0.25, 0.3) is 0 Å². The lowest BCUT2D eigenvalue weighted by molar-refractivity contribution is 0.0526. The van der Waals surface area contributed by atoms with E-state index in [1.165, 1.54) is 0 Å². The van der Waals surface area contributed by atoms with Crippen LogP contribution >= 0.6 is 23.8 Å². The van der Waals surface area contributed by atoms with Crippen LogP contribution < -0.4 is 15.4 Å². The first kappa shape index (κ1) is 21.0. The molecule has 144 valence electrons. The van der Waals surface area contributed by atoms with Crippen LogP contribution in [0, 0.1) is 0 Å². The Balaban J connectivity index is 1.96. The molecule has 0 radical (unpaired) electrons. The predicted molar refractivity (Wildman–Crippen MR) is 113 cm³/mol. The number of carbonyl (C=O) groups excluding carboxylic acids is 1. The number of hydrogen-bond donors (Lipinski definition) is 2. The van der Waals surface area contributed by atoms with Crippen molar-refractivity contribution >= 4 is 40.6 Å². The van der Waals surface area contributed by atoms with E-state index >= 15 is 0 Å². The fourth-order valence-corrected chi connectivity index (χ4v) is 2.71. The molecule has 2 N–H and O–H groups in total. The zero-order valence-electron chi connectivity index (χ0n) is 15.5. The third-order valence-corrected chi connectivity index (χ3v) is 4.02. The van der Waals surface area contributed by atoms with E-state index in [2.05, 4.69) is 10.6 Å². The maximum absolute atomic E-state index is 11.9. The average Bonchev–Trinajstić information content (AvgIpc) is 2.61. The zero-order chi connectivity index (χ0) is 19.8. The van der Waals surface area contributed by atoms with Gasteiger partial charge in [-0.3, -0.25) is 0 Å². The van der Waals surface area contributed by atoms with Gasteiger partial charge >= 0.3 is 5.97 Å². The summed E-state index contributed by atoms with van der Waals surface area (Å²) in [5.41, 5.74) is 1.99. The summed E-state index contributed by atoms with van der Waals surface area (Å²) >= 11 is 11.4. The maximum atomic E-state index is 11.9. The van der Waals surface area contributed by atoms with Crippen molar-refractivity contribution in [1.82, 2.24) is 5.32 Å². The molecule has 0 spiro atoms. The molecule has 0 heterocycles. The summed E-state index contributed by atoms with van der Waals surface area (Å²) in [6.07, 6.45) is 0.120. The van der Waals surface area contributed by atoms with Gasteiger partial charge in [0.2, 0.25) is 0 Å². The van der Waals surface area contributed by atoms with Gasteiger partial charge in [0.05, 0.1) is 23.3 Å². The van der Waals surface area contributed by atoms with Crippen molar-refractivity contribution < 1.29 is 14.3 Å². The van der Waals surface area contributed by atoms with Gasteiger partial charge in [-0.2, -0.15) is 0 Å². The summed E-state index contributed by atoms with van der Waals surface area (Å²) < 4.78 is 10.7. The van der Waals surface area contributed by atoms with Gasteiger partial charge in [-0.05, 0) is 68.9 Å². The largest absolute Gasteiger partial charge is 0.491 e. The van der Waals surface area contributed by atoms with Crippen molar-refractivity contribution in [1.29, 1.82) is 0 Å². The monoisotopic (exact) mass is 406 g/mol. The number of anilines is 1. The lowest BCUT2D eigenvalue weighted by Gasteiger charge is -2.14. The topological polar surface area (TPSA) is 59.6 Å². The number of thiocarbonyl (C=S) groups is 1. The van der Waals surface area contributed by atoms with Gasteiger partial charge in [0, 0.05) is 12.2 Å². The van der Waals surface area contributed by atoms with Gasteiger partial charge in [-0.1, -0.05) is 23.7 Å². The fraction of sp³-hybridized carbons (Fsp3) is 0.300. The molecule has 0 saturated heterocycles. The number of hydrogen-bond acceptors (Lipinski definition) is 4.